The van der Waals surface area contributed by atoms with E-state index < -0.39 is 0 Å². The molecule has 1 aromatic carbocycles. The number of hydrogen-bond acceptors (Lipinski definition) is 7. The summed E-state index contributed by atoms with van der Waals surface area (Å²) in [5.41, 5.74) is 6.26. The van der Waals surface area contributed by atoms with Gasteiger partial charge < -0.3 is 4.74 Å². The van der Waals surface area contributed by atoms with E-state index in [1.807, 2.05) is 31.6 Å². The minimum Gasteiger partial charge on any atom is -0.496 e. The second-order valence-electron chi connectivity index (χ2n) is 6.52. The lowest BCUT2D eigenvalue weighted by atomic mass is 10.1. The molecule has 0 amide bonds. The van der Waals surface area contributed by atoms with Crippen molar-refractivity contribution in [2.75, 3.05) is 7.11 Å². The van der Waals surface area contributed by atoms with Crippen molar-refractivity contribution in [2.24, 2.45) is 12.1 Å². The summed E-state index contributed by atoms with van der Waals surface area (Å²) < 4.78 is 7.28. The Morgan fingerprint density at radius 2 is 2.18 bits per heavy atom. The number of ether oxygens (including phenoxy) is 1. The van der Waals surface area contributed by atoms with Crippen LogP contribution in [-0.2, 0) is 7.05 Å². The third-order valence-electron chi connectivity index (χ3n) is 4.69. The normalized spacial score (nSPS) is 17.9. The number of pyridine rings is 1. The van der Waals surface area contributed by atoms with Crippen LogP contribution >= 0.6 is 11.8 Å². The molecule has 0 radical (unpaired) electrons. The zero-order valence-corrected chi connectivity index (χ0v) is 16.2. The lowest BCUT2D eigenvalue weighted by molar-refractivity contribution is 0.419. The Kier molecular flexibility index (Phi) is 4.05. The number of allylic oxidation sites excluding steroid dienone is 2. The van der Waals surface area contributed by atoms with E-state index >= 15 is 0 Å². The number of nitrogens with one attached hydrogen (secondary N) is 1. The highest BCUT2D eigenvalue weighted by Gasteiger charge is 2.28. The van der Waals surface area contributed by atoms with E-state index in [4.69, 9.17) is 4.74 Å². The summed E-state index contributed by atoms with van der Waals surface area (Å²) in [5, 5.41) is 10.7. The maximum atomic E-state index is 5.47. The van der Waals surface area contributed by atoms with Crippen molar-refractivity contribution in [1.29, 1.82) is 0 Å². The molecule has 1 unspecified atom stereocenters. The maximum absolute atomic E-state index is 5.47. The first-order valence-electron chi connectivity index (χ1n) is 8.82. The standard InChI is InChI=1S/C20H18N6OS/c1-25-11-14(10-22-25)13-3-6-19-23-24-20(26(19)12-13)28-15-4-5-17-16(9-15)18(27-2)7-8-21-17/h3-12,19,23H,1-2H3. The number of aromatic nitrogens is 3. The van der Waals surface area contributed by atoms with Crippen LogP contribution in [0, 0.1) is 0 Å². The van der Waals surface area contributed by atoms with Crippen molar-refractivity contribution < 1.29 is 4.74 Å². The average molecular weight is 390 g/mol. The minimum atomic E-state index is 0.0274. The molecule has 2 aliphatic rings. The number of thioether (sulfide) groups is 1. The van der Waals surface area contributed by atoms with Crippen molar-refractivity contribution in [1.82, 2.24) is 25.1 Å². The van der Waals surface area contributed by atoms with E-state index in [2.05, 4.69) is 56.0 Å². The summed E-state index contributed by atoms with van der Waals surface area (Å²) in [5.74, 6) is 0.816. The van der Waals surface area contributed by atoms with Crippen LogP contribution in [0.3, 0.4) is 0 Å². The van der Waals surface area contributed by atoms with Crippen molar-refractivity contribution in [3.63, 3.8) is 0 Å². The third-order valence-corrected chi connectivity index (χ3v) is 5.66. The van der Waals surface area contributed by atoms with Gasteiger partial charge in [-0.05, 0) is 42.1 Å². The van der Waals surface area contributed by atoms with Crippen LogP contribution in [-0.4, -0.2) is 38.1 Å². The Balaban J connectivity index is 1.44. The molecule has 8 heteroatoms. The Hall–Kier alpha value is -3.26. The zero-order valence-electron chi connectivity index (χ0n) is 15.4. The van der Waals surface area contributed by atoms with Crippen LogP contribution in [0.1, 0.15) is 5.56 Å². The van der Waals surface area contributed by atoms with Crippen LogP contribution in [0.4, 0.5) is 0 Å². The molecule has 4 heterocycles. The highest BCUT2D eigenvalue weighted by atomic mass is 32.2. The molecular weight excluding hydrogens is 372 g/mol. The fourth-order valence-electron chi connectivity index (χ4n) is 3.28. The number of nitrogens with zero attached hydrogens (tertiary/aromatic N) is 5. The number of benzene rings is 1. The Bertz CT molecular complexity index is 1150. The molecule has 0 fully saturated rings. The van der Waals surface area contributed by atoms with E-state index in [1.165, 1.54) is 0 Å². The van der Waals surface area contributed by atoms with E-state index in [1.54, 1.807) is 29.8 Å². The van der Waals surface area contributed by atoms with Crippen LogP contribution < -0.4 is 10.2 Å². The first-order chi connectivity index (χ1) is 13.7. The smallest absolute Gasteiger partial charge is 0.193 e. The molecule has 0 aliphatic carbocycles. The van der Waals surface area contributed by atoms with Gasteiger partial charge in [0.05, 0.1) is 18.8 Å². The second kappa shape index (κ2) is 6.72. The van der Waals surface area contributed by atoms with Gasteiger partial charge in [0.1, 0.15) is 11.9 Å². The van der Waals surface area contributed by atoms with Crippen LogP contribution in [0.5, 0.6) is 5.75 Å². The van der Waals surface area contributed by atoms with Crippen molar-refractivity contribution in [3.8, 4) is 5.75 Å². The lowest BCUT2D eigenvalue weighted by Crippen LogP contribution is -2.35. The number of hydrogen-bond donors (Lipinski definition) is 1. The highest BCUT2D eigenvalue weighted by molar-refractivity contribution is 8.13. The minimum absolute atomic E-state index is 0.0274. The molecular formula is C20H18N6OS. The van der Waals surface area contributed by atoms with Gasteiger partial charge in [0.15, 0.2) is 5.17 Å². The quantitative estimate of drug-likeness (QED) is 0.741. The molecule has 3 aromatic rings. The molecule has 5 rings (SSSR count). The number of fused-ring (bicyclic) bond motifs is 2. The molecule has 7 nitrogen and oxygen atoms in total. The molecule has 0 saturated carbocycles. The molecule has 0 saturated heterocycles. The largest absolute Gasteiger partial charge is 0.496 e. The number of methoxy groups -OCH3 is 1. The summed E-state index contributed by atoms with van der Waals surface area (Å²) in [4.78, 5) is 7.62. The molecule has 1 N–H and O–H groups in total. The highest BCUT2D eigenvalue weighted by Crippen LogP contribution is 2.33. The first-order valence-corrected chi connectivity index (χ1v) is 9.64. The van der Waals surface area contributed by atoms with Gasteiger partial charge >= 0.3 is 0 Å². The van der Waals surface area contributed by atoms with Gasteiger partial charge in [0, 0.05) is 47.1 Å². The molecule has 28 heavy (non-hydrogen) atoms. The number of aryl methyl sites for hydroxylation is 1. The van der Waals surface area contributed by atoms with E-state index in [0.717, 1.165) is 37.9 Å². The van der Waals surface area contributed by atoms with E-state index in [-0.39, 0.29) is 6.17 Å². The number of amidine groups is 1. The predicted octanol–water partition coefficient (Wildman–Crippen LogP) is 3.18. The molecule has 0 bridgehead atoms. The van der Waals surface area contributed by atoms with Gasteiger partial charge in [-0.25, -0.2) is 0 Å². The fourth-order valence-corrected chi connectivity index (χ4v) is 4.18. The SMILES string of the molecule is COc1ccnc2ccc(SC3=NNC4C=CC(c5cnn(C)c5)=CN34)cc12. The summed E-state index contributed by atoms with van der Waals surface area (Å²) in [6.07, 6.45) is 12.0. The van der Waals surface area contributed by atoms with Crippen molar-refractivity contribution >= 4 is 33.4 Å². The lowest BCUT2D eigenvalue weighted by Gasteiger charge is -2.24. The van der Waals surface area contributed by atoms with Gasteiger partial charge in [-0.3, -0.25) is 20.0 Å². The van der Waals surface area contributed by atoms with Gasteiger partial charge in [-0.1, -0.05) is 6.08 Å². The van der Waals surface area contributed by atoms with Gasteiger partial charge in [-0.2, -0.15) is 10.2 Å². The maximum Gasteiger partial charge on any atom is 0.193 e. The third kappa shape index (κ3) is 2.91. The Morgan fingerprint density at radius 3 is 3.00 bits per heavy atom. The van der Waals surface area contributed by atoms with E-state index in [0.29, 0.717) is 0 Å². The Labute approximate surface area is 166 Å². The van der Waals surface area contributed by atoms with Crippen molar-refractivity contribution in [2.45, 2.75) is 11.1 Å². The van der Waals surface area contributed by atoms with Gasteiger partial charge in [0.2, 0.25) is 0 Å². The van der Waals surface area contributed by atoms with Crippen LogP contribution in [0.2, 0.25) is 0 Å². The van der Waals surface area contributed by atoms with Crippen molar-refractivity contribution in [3.05, 3.63) is 66.8 Å². The van der Waals surface area contributed by atoms with E-state index in [9.17, 15) is 0 Å². The summed E-state index contributed by atoms with van der Waals surface area (Å²) in [6, 6.07) is 8.03. The fraction of sp³-hybridized carbons (Fsp3) is 0.150. The second-order valence-corrected chi connectivity index (χ2v) is 7.56. The number of hydrazone groups is 1. The summed E-state index contributed by atoms with van der Waals surface area (Å²) in [6.45, 7) is 0. The van der Waals surface area contributed by atoms with Gasteiger partial charge in [0.25, 0.3) is 0 Å². The summed E-state index contributed by atoms with van der Waals surface area (Å²) >= 11 is 1.60. The molecule has 140 valence electrons. The predicted molar refractivity (Wildman–Crippen MR) is 111 cm³/mol. The monoisotopic (exact) mass is 390 g/mol. The number of rotatable bonds is 3. The van der Waals surface area contributed by atoms with Gasteiger partial charge in [-0.15, -0.1) is 0 Å². The Morgan fingerprint density at radius 1 is 1.25 bits per heavy atom. The zero-order chi connectivity index (χ0) is 19.1. The topological polar surface area (TPSA) is 67.6 Å². The van der Waals surface area contributed by atoms with Crippen LogP contribution in [0.15, 0.2) is 71.2 Å². The molecule has 2 aliphatic heterocycles. The molecule has 2 aromatic heterocycles. The molecule has 1 atom stereocenters. The van der Waals surface area contributed by atoms with Crippen LogP contribution in [0.25, 0.3) is 16.5 Å². The summed E-state index contributed by atoms with van der Waals surface area (Å²) in [7, 11) is 3.59. The first kappa shape index (κ1) is 16.9. The molecule has 0 spiro atoms. The average Bonchev–Trinajstić information content (AvgIpc) is 3.33.